The van der Waals surface area contributed by atoms with E-state index >= 15 is 0 Å². The van der Waals surface area contributed by atoms with Gasteiger partial charge < -0.3 is 10.3 Å². The minimum Gasteiger partial charge on any atom is -0.358 e. The third-order valence-electron chi connectivity index (χ3n) is 4.62. The second kappa shape index (κ2) is 4.92. The van der Waals surface area contributed by atoms with Gasteiger partial charge in [-0.25, -0.2) is 0 Å². The third kappa shape index (κ3) is 2.26. The molecule has 0 bridgehead atoms. The van der Waals surface area contributed by atoms with Crippen LogP contribution < -0.4 is 5.32 Å². The van der Waals surface area contributed by atoms with Crippen LogP contribution in [-0.4, -0.2) is 18.6 Å². The number of likely N-dealkylation sites (N-methyl/N-ethyl adjacent to an activating group) is 1. The molecule has 2 aromatic rings. The van der Waals surface area contributed by atoms with Crippen molar-refractivity contribution in [1.29, 1.82) is 0 Å². The Morgan fingerprint density at radius 2 is 2.10 bits per heavy atom. The quantitative estimate of drug-likeness (QED) is 0.844. The first-order valence-corrected chi connectivity index (χ1v) is 7.80. The Morgan fingerprint density at radius 3 is 2.80 bits per heavy atom. The van der Waals surface area contributed by atoms with Gasteiger partial charge in [-0.2, -0.15) is 0 Å². The van der Waals surface area contributed by atoms with Crippen molar-refractivity contribution in [1.82, 2.24) is 10.3 Å². The van der Waals surface area contributed by atoms with Crippen molar-refractivity contribution < 1.29 is 0 Å². The van der Waals surface area contributed by atoms with E-state index in [1.807, 2.05) is 0 Å². The molecule has 1 aliphatic carbocycles. The third-order valence-corrected chi connectivity index (χ3v) is 4.62. The normalized spacial score (nSPS) is 19.3. The predicted molar refractivity (Wildman–Crippen MR) is 86.6 cm³/mol. The summed E-state index contributed by atoms with van der Waals surface area (Å²) in [5.74, 6) is 0.660. The van der Waals surface area contributed by atoms with Gasteiger partial charge in [-0.15, -0.1) is 0 Å². The maximum atomic E-state index is 3.66. The first kappa shape index (κ1) is 13.7. The predicted octanol–water partition coefficient (Wildman–Crippen LogP) is 4.10. The topological polar surface area (TPSA) is 27.8 Å². The number of rotatable bonds is 2. The minimum absolute atomic E-state index is 0.214. The summed E-state index contributed by atoms with van der Waals surface area (Å²) in [7, 11) is 2.06. The fourth-order valence-electron chi connectivity index (χ4n) is 3.52. The second-order valence-corrected chi connectivity index (χ2v) is 7.17. The van der Waals surface area contributed by atoms with Crippen molar-refractivity contribution in [2.45, 2.75) is 51.4 Å². The summed E-state index contributed by atoms with van der Waals surface area (Å²) >= 11 is 0. The number of hydrogen-bond donors (Lipinski definition) is 2. The fraction of sp³-hybridized carbons (Fsp3) is 0.556. The highest BCUT2D eigenvalue weighted by molar-refractivity contribution is 5.86. The number of aromatic nitrogens is 1. The van der Waals surface area contributed by atoms with Crippen LogP contribution in [0.4, 0.5) is 0 Å². The van der Waals surface area contributed by atoms with Crippen LogP contribution in [0.5, 0.6) is 0 Å². The van der Waals surface area contributed by atoms with Gasteiger partial charge in [-0.1, -0.05) is 26.8 Å². The molecule has 1 aromatic heterocycles. The van der Waals surface area contributed by atoms with E-state index in [0.717, 1.165) is 6.54 Å². The SMILES string of the molecule is CNCC1CCCc2[nH]c3ccc(C(C)(C)C)cc3c21. The Balaban J connectivity index is 2.16. The number of benzene rings is 1. The lowest BCUT2D eigenvalue weighted by molar-refractivity contribution is 0.529. The van der Waals surface area contributed by atoms with E-state index in [-0.39, 0.29) is 5.41 Å². The van der Waals surface area contributed by atoms with Crippen molar-refractivity contribution in [3.63, 3.8) is 0 Å². The molecule has 2 N–H and O–H groups in total. The van der Waals surface area contributed by atoms with E-state index in [0.29, 0.717) is 5.92 Å². The lowest BCUT2D eigenvalue weighted by atomic mass is 9.82. The molecule has 0 spiro atoms. The molecule has 1 aliphatic rings. The molecule has 1 heterocycles. The fourth-order valence-corrected chi connectivity index (χ4v) is 3.52. The van der Waals surface area contributed by atoms with Crippen LogP contribution in [0.3, 0.4) is 0 Å². The molecule has 3 rings (SSSR count). The lowest BCUT2D eigenvalue weighted by Crippen LogP contribution is -2.20. The zero-order valence-electron chi connectivity index (χ0n) is 13.1. The molecular formula is C18H26N2. The highest BCUT2D eigenvalue weighted by atomic mass is 14.8. The van der Waals surface area contributed by atoms with Gasteiger partial charge in [0.25, 0.3) is 0 Å². The molecule has 108 valence electrons. The van der Waals surface area contributed by atoms with Gasteiger partial charge in [0.05, 0.1) is 0 Å². The summed E-state index contributed by atoms with van der Waals surface area (Å²) in [6.45, 7) is 7.95. The summed E-state index contributed by atoms with van der Waals surface area (Å²) in [4.78, 5) is 3.66. The van der Waals surface area contributed by atoms with Crippen LogP contribution in [0.15, 0.2) is 18.2 Å². The van der Waals surface area contributed by atoms with Gasteiger partial charge in [0.2, 0.25) is 0 Å². The number of H-pyrrole nitrogens is 1. The number of nitrogens with one attached hydrogen (secondary N) is 2. The van der Waals surface area contributed by atoms with Crippen LogP contribution in [-0.2, 0) is 11.8 Å². The summed E-state index contributed by atoms with van der Waals surface area (Å²) in [5, 5.41) is 4.82. The summed E-state index contributed by atoms with van der Waals surface area (Å²) < 4.78 is 0. The molecule has 0 fully saturated rings. The Bertz CT molecular complexity index is 616. The van der Waals surface area contributed by atoms with E-state index in [1.54, 1.807) is 5.56 Å². The van der Waals surface area contributed by atoms with Gasteiger partial charge in [-0.05, 0) is 60.9 Å². The van der Waals surface area contributed by atoms with Crippen molar-refractivity contribution >= 4 is 10.9 Å². The van der Waals surface area contributed by atoms with Crippen LogP contribution in [0, 0.1) is 0 Å². The molecule has 1 atom stereocenters. The molecule has 1 unspecified atom stereocenters. The standard InChI is InChI=1S/C18H26N2/c1-18(2,3)13-8-9-15-14(10-13)17-12(11-19-4)6-5-7-16(17)20-15/h8-10,12,19-20H,5-7,11H2,1-4H3. The Hall–Kier alpha value is -1.28. The van der Waals surface area contributed by atoms with E-state index in [4.69, 9.17) is 0 Å². The Morgan fingerprint density at radius 1 is 1.30 bits per heavy atom. The lowest BCUT2D eigenvalue weighted by Gasteiger charge is -2.23. The van der Waals surface area contributed by atoms with Gasteiger partial charge in [0.1, 0.15) is 0 Å². The second-order valence-electron chi connectivity index (χ2n) is 7.17. The summed E-state index contributed by atoms with van der Waals surface area (Å²) in [6.07, 6.45) is 3.81. The average Bonchev–Trinajstić information content (AvgIpc) is 2.76. The molecule has 2 heteroatoms. The van der Waals surface area contributed by atoms with Crippen LogP contribution in [0.2, 0.25) is 0 Å². The molecule has 0 amide bonds. The minimum atomic E-state index is 0.214. The number of hydrogen-bond acceptors (Lipinski definition) is 1. The molecular weight excluding hydrogens is 244 g/mol. The average molecular weight is 270 g/mol. The molecule has 2 nitrogen and oxygen atoms in total. The molecule has 0 aliphatic heterocycles. The molecule has 0 saturated carbocycles. The van der Waals surface area contributed by atoms with E-state index in [1.165, 1.54) is 41.4 Å². The van der Waals surface area contributed by atoms with E-state index in [2.05, 4.69) is 56.3 Å². The zero-order valence-corrected chi connectivity index (χ0v) is 13.1. The molecule has 1 aromatic carbocycles. The monoisotopic (exact) mass is 270 g/mol. The molecule has 0 radical (unpaired) electrons. The van der Waals surface area contributed by atoms with Gasteiger partial charge in [0.15, 0.2) is 0 Å². The highest BCUT2D eigenvalue weighted by Crippen LogP contribution is 2.38. The van der Waals surface area contributed by atoms with Crippen molar-refractivity contribution in [3.8, 4) is 0 Å². The molecule has 0 saturated heterocycles. The van der Waals surface area contributed by atoms with Crippen molar-refractivity contribution in [3.05, 3.63) is 35.0 Å². The van der Waals surface area contributed by atoms with Crippen LogP contribution in [0.25, 0.3) is 10.9 Å². The number of aryl methyl sites for hydroxylation is 1. The summed E-state index contributed by atoms with van der Waals surface area (Å²) in [6, 6.07) is 6.96. The van der Waals surface area contributed by atoms with Crippen molar-refractivity contribution in [2.75, 3.05) is 13.6 Å². The Kier molecular flexibility index (Phi) is 3.37. The smallest absolute Gasteiger partial charge is 0.0459 e. The largest absolute Gasteiger partial charge is 0.358 e. The molecule has 20 heavy (non-hydrogen) atoms. The van der Waals surface area contributed by atoms with Gasteiger partial charge >= 0.3 is 0 Å². The van der Waals surface area contributed by atoms with E-state index in [9.17, 15) is 0 Å². The maximum absolute atomic E-state index is 3.66. The Labute approximate surface area is 122 Å². The van der Waals surface area contributed by atoms with Gasteiger partial charge in [0, 0.05) is 23.1 Å². The first-order chi connectivity index (χ1) is 9.50. The highest BCUT2D eigenvalue weighted by Gasteiger charge is 2.25. The zero-order chi connectivity index (χ0) is 14.3. The van der Waals surface area contributed by atoms with E-state index < -0.39 is 0 Å². The summed E-state index contributed by atoms with van der Waals surface area (Å²) in [5.41, 5.74) is 6.00. The van der Waals surface area contributed by atoms with Crippen LogP contribution in [0.1, 0.15) is 56.4 Å². The van der Waals surface area contributed by atoms with Gasteiger partial charge in [-0.3, -0.25) is 0 Å². The van der Waals surface area contributed by atoms with Crippen LogP contribution >= 0.6 is 0 Å². The first-order valence-electron chi connectivity index (χ1n) is 7.80. The number of aromatic amines is 1. The maximum Gasteiger partial charge on any atom is 0.0459 e. The number of fused-ring (bicyclic) bond motifs is 3. The van der Waals surface area contributed by atoms with Crippen molar-refractivity contribution in [2.24, 2.45) is 0 Å².